The van der Waals surface area contributed by atoms with Crippen molar-refractivity contribution in [2.75, 3.05) is 32.8 Å². The molecule has 18 nitrogen and oxygen atoms in total. The number of hydrogen-bond donors (Lipinski definition) is 14. The zero-order valence-electron chi connectivity index (χ0n) is 24.6. The van der Waals surface area contributed by atoms with E-state index >= 15 is 0 Å². The summed E-state index contributed by atoms with van der Waals surface area (Å²) >= 11 is 0. The van der Waals surface area contributed by atoms with Gasteiger partial charge in [-0.1, -0.05) is 0 Å². The number of carbonyl (C=O) groups is 1. The minimum absolute atomic E-state index is 0.223. The molecule has 0 radical (unpaired) electrons. The molecule has 264 valence electrons. The van der Waals surface area contributed by atoms with Gasteiger partial charge in [-0.2, -0.15) is 0 Å². The Morgan fingerprint density at radius 2 is 1.64 bits per heavy atom. The zero-order valence-corrected chi connectivity index (χ0v) is 24.6. The van der Waals surface area contributed by atoms with Crippen molar-refractivity contribution in [2.24, 2.45) is 34.6 Å². The fourth-order valence-corrected chi connectivity index (χ4v) is 6.12. The highest BCUT2D eigenvalue weighted by Crippen LogP contribution is 2.37. The molecule has 0 bridgehead atoms. The van der Waals surface area contributed by atoms with Gasteiger partial charge in [-0.25, -0.2) is 8.78 Å². The molecule has 19 N–H and O–H groups in total. The van der Waals surface area contributed by atoms with E-state index in [0.29, 0.717) is 13.0 Å². The van der Waals surface area contributed by atoms with Gasteiger partial charge in [-0.3, -0.25) is 4.79 Å². The fourth-order valence-electron chi connectivity index (χ4n) is 6.12. The standard InChI is InChI=1S/C25H49F2N7O11/c26-25(27,7-30)22(41)23(42)34-9-4-8(31)12(21-14(33-3-1-2-28)19(40)16(37)10(5-29)43-21)17(38)20(9)45-24-18(39)13(32)15(36)11(6-35)44-24/h8-22,24,33,35-41H,1-7,28-32H2,(H,34,42)/t8-,9+,10+,11+,12?,13-,14+,15+,16+,17-,18+,19+,20-,21?,22?,24+/m0/s1. The van der Waals surface area contributed by atoms with Crippen LogP contribution in [0.25, 0.3) is 0 Å². The lowest BCUT2D eigenvalue weighted by Gasteiger charge is -2.53. The first-order valence-electron chi connectivity index (χ1n) is 14.8. The first-order valence-corrected chi connectivity index (χ1v) is 14.8. The van der Waals surface area contributed by atoms with Gasteiger partial charge in [0.2, 0.25) is 0 Å². The molecule has 2 heterocycles. The summed E-state index contributed by atoms with van der Waals surface area (Å²) in [6.07, 6.45) is -17.5. The topological polar surface area (TPSA) is 341 Å². The molecular weight excluding hydrogens is 612 g/mol. The molecule has 3 rings (SSSR count). The number of halogens is 2. The summed E-state index contributed by atoms with van der Waals surface area (Å²) in [5, 5.41) is 79.2. The molecule has 0 spiro atoms. The van der Waals surface area contributed by atoms with E-state index < -0.39 is 122 Å². The Kier molecular flexibility index (Phi) is 13.7. The number of carbonyl (C=O) groups excluding carboxylic acids is 1. The lowest BCUT2D eigenvalue weighted by Crippen LogP contribution is -2.72. The third kappa shape index (κ3) is 8.23. The van der Waals surface area contributed by atoms with Crippen molar-refractivity contribution < 1.29 is 63.5 Å². The van der Waals surface area contributed by atoms with Gasteiger partial charge in [0.05, 0.1) is 49.6 Å². The fraction of sp³-hybridized carbons (Fsp3) is 0.960. The van der Waals surface area contributed by atoms with Crippen molar-refractivity contribution in [1.82, 2.24) is 10.6 Å². The van der Waals surface area contributed by atoms with Crippen LogP contribution in [0.3, 0.4) is 0 Å². The largest absolute Gasteiger partial charge is 0.394 e. The van der Waals surface area contributed by atoms with Gasteiger partial charge in [0.15, 0.2) is 12.4 Å². The summed E-state index contributed by atoms with van der Waals surface area (Å²) in [7, 11) is 0. The average molecular weight is 662 g/mol. The Morgan fingerprint density at radius 3 is 2.22 bits per heavy atom. The van der Waals surface area contributed by atoms with Crippen LogP contribution in [0.5, 0.6) is 0 Å². The summed E-state index contributed by atoms with van der Waals surface area (Å²) < 4.78 is 45.5. The predicted octanol–water partition coefficient (Wildman–Crippen LogP) is -7.96. The number of rotatable bonds is 13. The van der Waals surface area contributed by atoms with Crippen LogP contribution in [0.2, 0.25) is 0 Å². The minimum atomic E-state index is -4.01. The smallest absolute Gasteiger partial charge is 0.294 e. The number of aliphatic hydroxyl groups is 7. The van der Waals surface area contributed by atoms with Gasteiger partial charge in [0.1, 0.15) is 36.6 Å². The average Bonchev–Trinajstić information content (AvgIpc) is 3.01. The van der Waals surface area contributed by atoms with Crippen LogP contribution in [0, 0.1) is 5.92 Å². The Hall–Kier alpha value is -1.31. The van der Waals surface area contributed by atoms with Crippen molar-refractivity contribution >= 4 is 5.91 Å². The van der Waals surface area contributed by atoms with Gasteiger partial charge in [0, 0.05) is 18.5 Å². The monoisotopic (exact) mass is 661 g/mol. The molecule has 3 aliphatic rings. The van der Waals surface area contributed by atoms with Crippen molar-refractivity contribution in [3.63, 3.8) is 0 Å². The molecule has 0 aromatic carbocycles. The van der Waals surface area contributed by atoms with E-state index in [0.717, 1.165) is 0 Å². The van der Waals surface area contributed by atoms with Crippen molar-refractivity contribution in [2.45, 2.75) is 110 Å². The molecule has 2 aliphatic heterocycles. The Labute approximate surface area is 258 Å². The van der Waals surface area contributed by atoms with Crippen LogP contribution < -0.4 is 39.3 Å². The molecule has 2 saturated heterocycles. The first kappa shape index (κ1) is 38.1. The highest BCUT2D eigenvalue weighted by molar-refractivity contribution is 5.82. The second-order valence-corrected chi connectivity index (χ2v) is 11.8. The Bertz CT molecular complexity index is 950. The molecule has 3 fully saturated rings. The summed E-state index contributed by atoms with van der Waals surface area (Å²) in [6, 6.07) is -4.91. The van der Waals surface area contributed by atoms with Gasteiger partial charge >= 0.3 is 0 Å². The van der Waals surface area contributed by atoms with Crippen LogP contribution in [-0.2, 0) is 19.0 Å². The lowest BCUT2D eigenvalue weighted by molar-refractivity contribution is -0.308. The summed E-state index contributed by atoms with van der Waals surface area (Å²) in [5.74, 6) is -6.73. The van der Waals surface area contributed by atoms with Crippen LogP contribution in [0.15, 0.2) is 0 Å². The van der Waals surface area contributed by atoms with E-state index in [2.05, 4.69) is 10.6 Å². The minimum Gasteiger partial charge on any atom is -0.394 e. The van der Waals surface area contributed by atoms with E-state index in [1.165, 1.54) is 0 Å². The van der Waals surface area contributed by atoms with Crippen LogP contribution in [0.1, 0.15) is 12.8 Å². The van der Waals surface area contributed by atoms with Crippen molar-refractivity contribution in [1.29, 1.82) is 0 Å². The quantitative estimate of drug-likeness (QED) is 0.0815. The number of amides is 1. The number of hydrogen-bond acceptors (Lipinski definition) is 17. The Morgan fingerprint density at radius 1 is 0.978 bits per heavy atom. The molecule has 3 unspecified atom stereocenters. The Balaban J connectivity index is 1.98. The van der Waals surface area contributed by atoms with Gasteiger partial charge in [0.25, 0.3) is 11.8 Å². The maximum absolute atomic E-state index is 14.1. The van der Waals surface area contributed by atoms with E-state index in [4.69, 9.17) is 42.9 Å². The molecule has 1 aliphatic carbocycles. The van der Waals surface area contributed by atoms with E-state index in [1.807, 2.05) is 0 Å². The number of aliphatic hydroxyl groups excluding tert-OH is 7. The third-order valence-electron chi connectivity index (χ3n) is 8.78. The maximum atomic E-state index is 14.1. The molecule has 1 saturated carbocycles. The number of ether oxygens (including phenoxy) is 3. The molecule has 0 aromatic heterocycles. The van der Waals surface area contributed by atoms with Crippen LogP contribution in [-0.4, -0.2) is 172 Å². The summed E-state index contributed by atoms with van der Waals surface area (Å²) in [4.78, 5) is 12.7. The van der Waals surface area contributed by atoms with Gasteiger partial charge in [-0.15, -0.1) is 0 Å². The first-order chi connectivity index (χ1) is 21.1. The molecule has 45 heavy (non-hydrogen) atoms. The van der Waals surface area contributed by atoms with Crippen molar-refractivity contribution in [3.8, 4) is 0 Å². The normalized spacial score (nSPS) is 43.6. The van der Waals surface area contributed by atoms with E-state index in [-0.39, 0.29) is 19.5 Å². The van der Waals surface area contributed by atoms with E-state index in [9.17, 15) is 49.3 Å². The van der Waals surface area contributed by atoms with Crippen LogP contribution in [0.4, 0.5) is 8.78 Å². The third-order valence-corrected chi connectivity index (χ3v) is 8.78. The second-order valence-electron chi connectivity index (χ2n) is 11.8. The predicted molar refractivity (Wildman–Crippen MR) is 150 cm³/mol. The molecule has 16 atom stereocenters. The number of nitrogens with one attached hydrogen (secondary N) is 2. The highest BCUT2D eigenvalue weighted by atomic mass is 19.3. The summed E-state index contributed by atoms with van der Waals surface area (Å²) in [6.45, 7) is -1.75. The molecule has 0 aromatic rings. The number of alkyl halides is 2. The lowest BCUT2D eigenvalue weighted by atomic mass is 9.71. The second kappa shape index (κ2) is 16.2. The zero-order chi connectivity index (χ0) is 33.8. The van der Waals surface area contributed by atoms with Gasteiger partial charge < -0.3 is 89.3 Å². The molecule has 1 amide bonds. The number of nitrogens with two attached hydrogens (primary N) is 5. The van der Waals surface area contributed by atoms with Crippen molar-refractivity contribution in [3.05, 3.63) is 0 Å². The maximum Gasteiger partial charge on any atom is 0.294 e. The van der Waals surface area contributed by atoms with E-state index in [1.54, 1.807) is 0 Å². The highest BCUT2D eigenvalue weighted by Gasteiger charge is 2.56. The molecular formula is C25H49F2N7O11. The van der Waals surface area contributed by atoms with Crippen LogP contribution >= 0.6 is 0 Å². The molecule has 20 heteroatoms. The van der Waals surface area contributed by atoms with Gasteiger partial charge in [-0.05, 0) is 25.9 Å². The summed E-state index contributed by atoms with van der Waals surface area (Å²) in [5.41, 5.74) is 28.7. The SMILES string of the molecule is NCCCN[C@H]1C(C2[C@@H](N)C[C@@H](NC(=O)C(O)C(F)(F)CN)[C@H](O[C@H]3O[C@H](CO)[C@@H](O)[C@H](N)[C@H]3O)[C@H]2O)O[C@H](CN)[C@@H](O)[C@@H]1O.